The molecule has 3 aromatic carbocycles. The Hall–Kier alpha value is -3.58. The summed E-state index contributed by atoms with van der Waals surface area (Å²) in [6.07, 6.45) is 0. The Morgan fingerprint density at radius 3 is 2.48 bits per heavy atom. The van der Waals surface area contributed by atoms with E-state index in [0.717, 1.165) is 27.3 Å². The van der Waals surface area contributed by atoms with Crippen molar-refractivity contribution in [2.24, 2.45) is 0 Å². The first kappa shape index (κ1) is 22.6. The molecule has 0 amide bonds. The third-order valence-electron chi connectivity index (χ3n) is 4.97. The van der Waals surface area contributed by atoms with Crippen LogP contribution in [0.1, 0.15) is 16.7 Å². The van der Waals surface area contributed by atoms with E-state index < -0.39 is 18.5 Å². The van der Waals surface area contributed by atoms with Crippen LogP contribution >= 0.6 is 11.8 Å². The maximum absolute atomic E-state index is 12.3. The van der Waals surface area contributed by atoms with Gasteiger partial charge in [0, 0.05) is 0 Å². The number of rotatable bonds is 8. The van der Waals surface area contributed by atoms with Crippen molar-refractivity contribution in [1.82, 2.24) is 9.55 Å². The number of fused-ring (bicyclic) bond motifs is 1. The summed E-state index contributed by atoms with van der Waals surface area (Å²) in [7, 11) is 0. The van der Waals surface area contributed by atoms with E-state index in [9.17, 15) is 9.59 Å². The number of benzene rings is 3. The van der Waals surface area contributed by atoms with Crippen molar-refractivity contribution in [3.63, 3.8) is 0 Å². The van der Waals surface area contributed by atoms with Crippen LogP contribution in [0.25, 0.3) is 11.0 Å². The molecule has 4 aromatic rings. The summed E-state index contributed by atoms with van der Waals surface area (Å²) in [4.78, 5) is 28.9. The Kier molecular flexibility index (Phi) is 7.10. The normalized spacial score (nSPS) is 10.8. The number of hydrogen-bond acceptors (Lipinski definition) is 6. The number of aromatic nitrogens is 2. The average Bonchev–Trinajstić information content (AvgIpc) is 3.15. The fourth-order valence-electron chi connectivity index (χ4n) is 3.38. The summed E-state index contributed by atoms with van der Waals surface area (Å²) in [5.74, 6) is -0.672. The van der Waals surface area contributed by atoms with E-state index >= 15 is 0 Å². The minimum absolute atomic E-state index is 0.0367. The molecule has 0 N–H and O–H groups in total. The number of carbonyl (C=O) groups is 2. The van der Waals surface area contributed by atoms with Gasteiger partial charge >= 0.3 is 11.9 Å². The number of carbonyl (C=O) groups excluding carboxylic acids is 2. The number of ether oxygens (including phenoxy) is 2. The van der Waals surface area contributed by atoms with Gasteiger partial charge in [-0.25, -0.2) is 9.78 Å². The third kappa shape index (κ3) is 6.02. The lowest BCUT2D eigenvalue weighted by Crippen LogP contribution is -2.19. The molecule has 4 rings (SSSR count). The van der Waals surface area contributed by atoms with Crippen LogP contribution in [-0.4, -0.2) is 33.8 Å². The average molecular weight is 461 g/mol. The maximum Gasteiger partial charge on any atom is 0.349 e. The van der Waals surface area contributed by atoms with Crippen molar-refractivity contribution in [1.29, 1.82) is 0 Å². The molecular weight excluding hydrogens is 436 g/mol. The molecule has 1 heterocycles. The van der Waals surface area contributed by atoms with E-state index in [2.05, 4.69) is 34.7 Å². The lowest BCUT2D eigenvalue weighted by molar-refractivity contribution is -0.151. The van der Waals surface area contributed by atoms with E-state index in [1.807, 2.05) is 49.4 Å². The van der Waals surface area contributed by atoms with E-state index in [0.29, 0.717) is 12.3 Å². The standard InChI is InChI=1S/C26H24N2O4S/c1-18-10-12-21(13-11-18)32-24(29)16-31-25(30)17-33-26-27-22-8-3-4-9-23(22)28(26)15-20-7-5-6-19(2)14-20/h3-14H,15-17H2,1-2H3. The summed E-state index contributed by atoms with van der Waals surface area (Å²) < 4.78 is 12.4. The Morgan fingerprint density at radius 2 is 1.70 bits per heavy atom. The highest BCUT2D eigenvalue weighted by Gasteiger charge is 2.15. The van der Waals surface area contributed by atoms with Gasteiger partial charge in [-0.3, -0.25) is 4.79 Å². The van der Waals surface area contributed by atoms with E-state index in [1.165, 1.54) is 17.3 Å². The topological polar surface area (TPSA) is 70.4 Å². The van der Waals surface area contributed by atoms with Crippen molar-refractivity contribution < 1.29 is 19.1 Å². The van der Waals surface area contributed by atoms with Crippen molar-refractivity contribution in [3.05, 3.63) is 89.5 Å². The zero-order chi connectivity index (χ0) is 23.2. The monoisotopic (exact) mass is 460 g/mol. The molecule has 0 saturated heterocycles. The van der Waals surface area contributed by atoms with E-state index in [4.69, 9.17) is 9.47 Å². The molecule has 0 saturated carbocycles. The Bertz CT molecular complexity index is 1280. The lowest BCUT2D eigenvalue weighted by atomic mass is 10.1. The van der Waals surface area contributed by atoms with Gasteiger partial charge in [0.05, 0.1) is 23.3 Å². The Balaban J connectivity index is 1.37. The van der Waals surface area contributed by atoms with Crippen LogP contribution in [0.4, 0.5) is 0 Å². The van der Waals surface area contributed by atoms with Gasteiger partial charge in [0.25, 0.3) is 0 Å². The zero-order valence-electron chi connectivity index (χ0n) is 18.5. The molecule has 7 heteroatoms. The number of imidazole rings is 1. The van der Waals surface area contributed by atoms with E-state index in [1.54, 1.807) is 12.1 Å². The molecule has 0 fully saturated rings. The number of para-hydroxylation sites is 2. The Labute approximate surface area is 196 Å². The lowest BCUT2D eigenvalue weighted by Gasteiger charge is -2.10. The summed E-state index contributed by atoms with van der Waals surface area (Å²) in [6.45, 7) is 4.21. The molecule has 33 heavy (non-hydrogen) atoms. The fraction of sp³-hybridized carbons (Fsp3) is 0.192. The SMILES string of the molecule is Cc1ccc(OC(=O)COC(=O)CSc2nc3ccccc3n2Cc2cccc(C)c2)cc1. The van der Waals surface area contributed by atoms with Gasteiger partial charge in [0.1, 0.15) is 5.75 Å². The number of thioether (sulfide) groups is 1. The van der Waals surface area contributed by atoms with E-state index in [-0.39, 0.29) is 5.75 Å². The molecule has 0 spiro atoms. The van der Waals surface area contributed by atoms with Gasteiger partial charge in [-0.15, -0.1) is 0 Å². The summed E-state index contributed by atoms with van der Waals surface area (Å²) in [6, 6.07) is 23.3. The number of hydrogen-bond donors (Lipinski definition) is 0. The molecule has 0 aliphatic carbocycles. The molecular formula is C26H24N2O4S. The van der Waals surface area contributed by atoms with Crippen LogP contribution in [0.2, 0.25) is 0 Å². The third-order valence-corrected chi connectivity index (χ3v) is 5.92. The molecule has 0 atom stereocenters. The molecule has 6 nitrogen and oxygen atoms in total. The van der Waals surface area contributed by atoms with Crippen LogP contribution in [-0.2, 0) is 20.9 Å². The molecule has 0 unspecified atom stereocenters. The first-order valence-electron chi connectivity index (χ1n) is 10.5. The van der Waals surface area contributed by atoms with Gasteiger partial charge < -0.3 is 14.0 Å². The molecule has 0 aliphatic heterocycles. The van der Waals surface area contributed by atoms with Crippen LogP contribution < -0.4 is 4.74 Å². The first-order valence-corrected chi connectivity index (χ1v) is 11.5. The molecule has 0 radical (unpaired) electrons. The van der Waals surface area contributed by atoms with Crippen LogP contribution in [0.15, 0.2) is 78.0 Å². The van der Waals surface area contributed by atoms with Crippen LogP contribution in [0.3, 0.4) is 0 Å². The first-order chi connectivity index (χ1) is 16.0. The zero-order valence-corrected chi connectivity index (χ0v) is 19.3. The predicted octanol–water partition coefficient (Wildman–Crippen LogP) is 4.94. The van der Waals surface area contributed by atoms with Gasteiger partial charge in [0.15, 0.2) is 11.8 Å². The molecule has 0 bridgehead atoms. The highest BCUT2D eigenvalue weighted by atomic mass is 32.2. The van der Waals surface area contributed by atoms with Crippen LogP contribution in [0.5, 0.6) is 5.75 Å². The highest BCUT2D eigenvalue weighted by molar-refractivity contribution is 7.99. The molecule has 0 aliphatic rings. The minimum Gasteiger partial charge on any atom is -0.453 e. The van der Waals surface area contributed by atoms with Crippen molar-refractivity contribution >= 4 is 34.7 Å². The van der Waals surface area contributed by atoms with Crippen molar-refractivity contribution in [2.75, 3.05) is 12.4 Å². The summed E-state index contributed by atoms with van der Waals surface area (Å²) in [5.41, 5.74) is 5.26. The van der Waals surface area contributed by atoms with Gasteiger partial charge in [0.2, 0.25) is 0 Å². The molecule has 168 valence electrons. The Morgan fingerprint density at radius 1 is 0.909 bits per heavy atom. The van der Waals surface area contributed by atoms with Gasteiger partial charge in [-0.1, -0.05) is 71.4 Å². The van der Waals surface area contributed by atoms with Gasteiger partial charge in [-0.05, 0) is 43.7 Å². The second-order valence-corrected chi connectivity index (χ2v) is 8.64. The predicted molar refractivity (Wildman–Crippen MR) is 129 cm³/mol. The van der Waals surface area contributed by atoms with Crippen molar-refractivity contribution in [2.45, 2.75) is 25.5 Å². The second kappa shape index (κ2) is 10.4. The number of aryl methyl sites for hydroxylation is 2. The van der Waals surface area contributed by atoms with Gasteiger partial charge in [-0.2, -0.15) is 0 Å². The summed E-state index contributed by atoms with van der Waals surface area (Å²) in [5, 5.41) is 0.719. The minimum atomic E-state index is -0.621. The quantitative estimate of drug-likeness (QED) is 0.211. The largest absolute Gasteiger partial charge is 0.453 e. The molecule has 1 aromatic heterocycles. The number of esters is 2. The van der Waals surface area contributed by atoms with Crippen LogP contribution in [0, 0.1) is 13.8 Å². The fourth-order valence-corrected chi connectivity index (χ4v) is 4.19. The summed E-state index contributed by atoms with van der Waals surface area (Å²) >= 11 is 1.29. The highest BCUT2D eigenvalue weighted by Crippen LogP contribution is 2.25. The second-order valence-electron chi connectivity index (χ2n) is 7.69. The smallest absolute Gasteiger partial charge is 0.349 e. The maximum atomic E-state index is 12.3. The number of nitrogens with zero attached hydrogens (tertiary/aromatic N) is 2. The van der Waals surface area contributed by atoms with Crippen molar-refractivity contribution in [3.8, 4) is 5.75 Å².